The molecule has 1 aliphatic carbocycles. The third kappa shape index (κ3) is 8.41. The summed E-state index contributed by atoms with van der Waals surface area (Å²) in [4.78, 5) is 11.8. The Hall–Kier alpha value is -4.79. The normalized spacial score (nSPS) is 22.5. The van der Waals surface area contributed by atoms with Crippen molar-refractivity contribution in [2.75, 3.05) is 38.4 Å². The van der Waals surface area contributed by atoms with Gasteiger partial charge in [0, 0.05) is 36.1 Å². The Labute approximate surface area is 293 Å². The lowest BCUT2D eigenvalue weighted by molar-refractivity contribution is -0.0458. The summed E-state index contributed by atoms with van der Waals surface area (Å²) in [6.07, 6.45) is 10.5. The van der Waals surface area contributed by atoms with Gasteiger partial charge in [0.15, 0.2) is 0 Å². The van der Waals surface area contributed by atoms with Crippen LogP contribution in [0.1, 0.15) is 57.1 Å². The Morgan fingerprint density at radius 2 is 1.75 bits per heavy atom. The minimum absolute atomic E-state index is 0.00154. The Kier molecular flexibility index (Phi) is 10.9. The van der Waals surface area contributed by atoms with Gasteiger partial charge in [-0.1, -0.05) is 6.07 Å². The number of halogens is 2. The minimum Gasteiger partial charge on any atom is -0.487 e. The third-order valence-corrected chi connectivity index (χ3v) is 9.66. The first-order chi connectivity index (χ1) is 24.9. The van der Waals surface area contributed by atoms with Crippen LogP contribution in [0.2, 0.25) is 0 Å². The van der Waals surface area contributed by atoms with E-state index in [1.807, 2.05) is 23.9 Å². The van der Waals surface area contributed by atoms with E-state index < -0.39 is 13.0 Å². The number of anilines is 2. The molecule has 2 bridgehead atoms. The second kappa shape index (κ2) is 16.0. The molecule has 1 aromatic carbocycles. The van der Waals surface area contributed by atoms with Crippen molar-refractivity contribution in [2.24, 2.45) is 0 Å². The number of alkyl halides is 2. The molecule has 51 heavy (non-hydrogen) atoms. The molecule has 1 saturated carbocycles. The highest BCUT2D eigenvalue weighted by Crippen LogP contribution is 2.39. The molecule has 3 atom stereocenters. The number of fused-ring (bicyclic) bond motifs is 2. The number of nitrogens with one attached hydrogen (secondary N) is 1. The molecule has 2 saturated heterocycles. The second-order valence-corrected chi connectivity index (χ2v) is 13.2. The molecule has 5 heterocycles. The van der Waals surface area contributed by atoms with Gasteiger partial charge in [0.1, 0.15) is 43.2 Å². The van der Waals surface area contributed by atoms with Crippen molar-refractivity contribution < 1.29 is 27.7 Å². The highest BCUT2D eigenvalue weighted by atomic mass is 19.3. The zero-order valence-corrected chi connectivity index (χ0v) is 28.4. The molecule has 0 amide bonds. The van der Waals surface area contributed by atoms with Crippen LogP contribution in [-0.2, 0) is 16.0 Å². The number of rotatable bonds is 15. The quantitative estimate of drug-likeness (QED) is 0.173. The van der Waals surface area contributed by atoms with Crippen molar-refractivity contribution in [3.05, 3.63) is 48.7 Å². The largest absolute Gasteiger partial charge is 0.487 e. The maximum Gasteiger partial charge on any atom is 0.261 e. The van der Waals surface area contributed by atoms with Crippen LogP contribution in [0.3, 0.4) is 0 Å². The fourth-order valence-corrected chi connectivity index (χ4v) is 7.34. The summed E-state index contributed by atoms with van der Waals surface area (Å²) < 4.78 is 51.4. The van der Waals surface area contributed by atoms with Gasteiger partial charge in [0.25, 0.3) is 12.3 Å². The summed E-state index contributed by atoms with van der Waals surface area (Å²) in [6, 6.07) is 9.29. The topological polar surface area (TPSA) is 163 Å². The molecule has 2 aliphatic heterocycles. The van der Waals surface area contributed by atoms with Crippen molar-refractivity contribution >= 4 is 11.6 Å². The van der Waals surface area contributed by atoms with E-state index in [2.05, 4.69) is 41.8 Å². The molecule has 3 fully saturated rings. The molecule has 17 heteroatoms. The van der Waals surface area contributed by atoms with Crippen LogP contribution in [0.5, 0.6) is 11.6 Å². The maximum atomic E-state index is 12.6. The average molecular weight is 706 g/mol. The lowest BCUT2D eigenvalue weighted by Gasteiger charge is -2.43. The molecule has 0 spiro atoms. The third-order valence-electron chi connectivity index (χ3n) is 9.66. The van der Waals surface area contributed by atoms with Gasteiger partial charge in [-0.05, 0) is 73.6 Å². The fourth-order valence-electron chi connectivity index (χ4n) is 7.34. The van der Waals surface area contributed by atoms with Crippen LogP contribution < -0.4 is 14.8 Å². The maximum absolute atomic E-state index is 12.6. The molecule has 0 radical (unpaired) electrons. The fraction of sp³-hybridized carbons (Fsp3) is 0.559. The summed E-state index contributed by atoms with van der Waals surface area (Å²) >= 11 is 0. The summed E-state index contributed by atoms with van der Waals surface area (Å²) in [5.74, 6) is 1.07. The van der Waals surface area contributed by atoms with Gasteiger partial charge in [-0.3, -0.25) is 9.58 Å². The minimum atomic E-state index is -2.54. The zero-order valence-electron chi connectivity index (χ0n) is 28.4. The molecule has 3 aromatic heterocycles. The van der Waals surface area contributed by atoms with E-state index in [0.717, 1.165) is 50.0 Å². The second-order valence-electron chi connectivity index (χ2n) is 13.2. The Morgan fingerprint density at radius 1 is 1.00 bits per heavy atom. The van der Waals surface area contributed by atoms with E-state index in [1.54, 1.807) is 29.2 Å². The van der Waals surface area contributed by atoms with Crippen LogP contribution in [0.15, 0.2) is 43.1 Å². The van der Waals surface area contributed by atoms with Gasteiger partial charge < -0.3 is 24.3 Å². The number of morpholine rings is 1. The van der Waals surface area contributed by atoms with Crippen LogP contribution in [-0.4, -0.2) is 109 Å². The van der Waals surface area contributed by atoms with E-state index in [4.69, 9.17) is 24.0 Å². The van der Waals surface area contributed by atoms with Gasteiger partial charge >= 0.3 is 0 Å². The lowest BCUT2D eigenvalue weighted by atomic mass is 9.89. The van der Waals surface area contributed by atoms with E-state index in [1.165, 1.54) is 19.2 Å². The van der Waals surface area contributed by atoms with Crippen LogP contribution >= 0.6 is 0 Å². The van der Waals surface area contributed by atoms with E-state index in [9.17, 15) is 14.0 Å². The zero-order chi connectivity index (χ0) is 35.2. The van der Waals surface area contributed by atoms with Crippen molar-refractivity contribution in [2.45, 2.75) is 88.7 Å². The van der Waals surface area contributed by atoms with Crippen molar-refractivity contribution in [1.82, 2.24) is 44.9 Å². The molecule has 270 valence electrons. The number of benzene rings is 1. The van der Waals surface area contributed by atoms with E-state index in [-0.39, 0.29) is 25.4 Å². The van der Waals surface area contributed by atoms with Gasteiger partial charge in [0.2, 0.25) is 5.95 Å². The van der Waals surface area contributed by atoms with Gasteiger partial charge in [-0.25, -0.2) is 23.4 Å². The van der Waals surface area contributed by atoms with Gasteiger partial charge in [-0.15, -0.1) is 10.2 Å². The standard InChI is InChI=1S/C34H41F2N11O4/c1-22(16-45-21-40-43-44-45)51-31-12-23(2-3-24(31)13-37)25-14-38-34(39-15-25)41-30-17-46(42-33(30)50-11-10-48-20-32(35)36)26-4-6-27(7-5-26)47-28-8-9-29(47)19-49-18-28/h2-3,12,14-15,17,21-22,26-29,32H,4-11,16,18-20H2,1H3,(H,38,39,41)/t22?,26?,27?,28-,29+. The molecule has 4 aromatic rings. The molecule has 7 rings (SSSR count). The van der Waals surface area contributed by atoms with Crippen molar-refractivity contribution in [3.8, 4) is 28.8 Å². The van der Waals surface area contributed by atoms with Crippen LogP contribution in [0.4, 0.5) is 20.4 Å². The predicted octanol–water partition coefficient (Wildman–Crippen LogP) is 4.42. The number of tetrazole rings is 1. The first-order valence-electron chi connectivity index (χ1n) is 17.4. The number of hydrogen-bond donors (Lipinski definition) is 1. The molecular weight excluding hydrogens is 664 g/mol. The Balaban J connectivity index is 1.02. The van der Waals surface area contributed by atoms with Crippen LogP contribution in [0, 0.1) is 11.3 Å². The van der Waals surface area contributed by atoms with Crippen LogP contribution in [0.25, 0.3) is 11.1 Å². The predicted molar refractivity (Wildman–Crippen MR) is 179 cm³/mol. The monoisotopic (exact) mass is 705 g/mol. The number of aromatic nitrogens is 8. The average Bonchev–Trinajstić information content (AvgIpc) is 3.86. The van der Waals surface area contributed by atoms with Gasteiger partial charge in [-0.2, -0.15) is 5.26 Å². The van der Waals surface area contributed by atoms with Crippen molar-refractivity contribution in [3.63, 3.8) is 0 Å². The highest BCUT2D eigenvalue weighted by molar-refractivity contribution is 5.67. The summed E-state index contributed by atoms with van der Waals surface area (Å²) in [6.45, 7) is 3.36. The summed E-state index contributed by atoms with van der Waals surface area (Å²) in [5, 5.41) is 28.8. The SMILES string of the molecule is CC(Cn1cnnn1)Oc1cc(-c2cnc(Nc3cn(C4CCC(N5[C@@H]6CC[C@H]5COC6)CC4)nc3OCCOCC(F)F)nc2)ccc1C#N. The number of nitrogens with zero attached hydrogens (tertiary/aromatic N) is 10. The molecule has 1 N–H and O–H groups in total. The first kappa shape index (κ1) is 34.6. The molecule has 1 unspecified atom stereocenters. The molecular formula is C34H41F2N11O4. The molecule has 3 aliphatic rings. The lowest BCUT2D eigenvalue weighted by Crippen LogP contribution is -2.52. The van der Waals surface area contributed by atoms with E-state index in [0.29, 0.717) is 53.5 Å². The first-order valence-corrected chi connectivity index (χ1v) is 17.4. The number of ether oxygens (including phenoxy) is 4. The van der Waals surface area contributed by atoms with Crippen molar-refractivity contribution in [1.29, 1.82) is 5.26 Å². The molecule has 15 nitrogen and oxygen atoms in total. The highest BCUT2D eigenvalue weighted by Gasteiger charge is 2.42. The number of nitriles is 1. The van der Waals surface area contributed by atoms with Gasteiger partial charge in [0.05, 0.1) is 44.2 Å². The number of hydrogen-bond acceptors (Lipinski definition) is 13. The summed E-state index contributed by atoms with van der Waals surface area (Å²) in [5.41, 5.74) is 2.45. The Bertz CT molecular complexity index is 1740. The Morgan fingerprint density at radius 3 is 2.45 bits per heavy atom. The smallest absolute Gasteiger partial charge is 0.261 e. The van der Waals surface area contributed by atoms with E-state index >= 15 is 0 Å². The summed E-state index contributed by atoms with van der Waals surface area (Å²) in [7, 11) is 0.